The fourth-order valence-corrected chi connectivity index (χ4v) is 3.46. The van der Waals surface area contributed by atoms with Crippen LogP contribution in [0.15, 0.2) is 46.6 Å². The van der Waals surface area contributed by atoms with E-state index in [9.17, 15) is 15.0 Å². The first kappa shape index (κ1) is 31.6. The lowest BCUT2D eigenvalue weighted by Gasteiger charge is -2.21. The first-order chi connectivity index (χ1) is 18.9. The van der Waals surface area contributed by atoms with Gasteiger partial charge >= 0.3 is 5.97 Å². The van der Waals surface area contributed by atoms with E-state index in [2.05, 4.69) is 42.6 Å². The molecule has 2 heterocycles. The molecule has 0 spiro atoms. The highest BCUT2D eigenvalue weighted by Crippen LogP contribution is 2.35. The third-order valence-electron chi connectivity index (χ3n) is 5.30. The van der Waals surface area contributed by atoms with Crippen molar-refractivity contribution in [2.45, 2.75) is 24.3 Å². The van der Waals surface area contributed by atoms with Crippen LogP contribution in [0.2, 0.25) is 0 Å². The van der Waals surface area contributed by atoms with Crippen LogP contribution in [0.1, 0.15) is 23.3 Å². The summed E-state index contributed by atoms with van der Waals surface area (Å²) in [7, 11) is 0. The molecule has 1 unspecified atom stereocenters. The summed E-state index contributed by atoms with van der Waals surface area (Å²) < 4.78 is 21.4. The molecule has 0 amide bonds. The molecule has 0 aliphatic carbocycles. The van der Waals surface area contributed by atoms with E-state index in [1.165, 1.54) is 12.1 Å². The number of carboxylic acid groups (broad SMARTS) is 1. The minimum absolute atomic E-state index is 0.282. The molecule has 4 atom stereocenters. The van der Waals surface area contributed by atoms with Gasteiger partial charge in [-0.25, -0.2) is 0 Å². The number of alkyl halides is 1. The van der Waals surface area contributed by atoms with Crippen LogP contribution in [0.4, 0.5) is 0 Å². The number of halogens is 1. The van der Waals surface area contributed by atoms with Gasteiger partial charge in [0.25, 0.3) is 0 Å². The lowest BCUT2D eigenvalue weighted by molar-refractivity contribution is -0.141. The predicted octanol–water partition coefficient (Wildman–Crippen LogP) is 3.47. The van der Waals surface area contributed by atoms with E-state index < -0.39 is 36.9 Å². The number of hydrogen-bond acceptors (Lipinski definition) is 10. The zero-order chi connectivity index (χ0) is 28.8. The Morgan fingerprint density at radius 1 is 0.846 bits per heavy atom. The topological polar surface area (TPSA) is 232 Å². The molecule has 16 heteroatoms. The first-order valence-electron chi connectivity index (χ1n) is 11.3. The molecule has 15 nitrogen and oxygen atoms in total. The number of aliphatic carboxylic acids is 1. The minimum Gasteiger partial charge on any atom is -0.486 e. The molecule has 4 N–H and O–H groups in total. The Labute approximate surface area is 236 Å². The molecule has 0 bridgehead atoms. The molecule has 2 aromatic carbocycles. The van der Waals surface area contributed by atoms with E-state index in [-0.39, 0.29) is 5.56 Å². The highest BCUT2D eigenvalue weighted by Gasteiger charge is 2.28. The van der Waals surface area contributed by atoms with Crippen molar-refractivity contribution in [3.63, 3.8) is 0 Å². The molecule has 2 aromatic rings. The first-order valence-corrected chi connectivity index (χ1v) is 13.5. The van der Waals surface area contributed by atoms with E-state index >= 15 is 0 Å². The summed E-state index contributed by atoms with van der Waals surface area (Å²) in [6.07, 6.45) is -2.54. The fourth-order valence-electron chi connectivity index (χ4n) is 3.46. The van der Waals surface area contributed by atoms with Gasteiger partial charge in [-0.05, 0) is 51.4 Å². The summed E-state index contributed by atoms with van der Waals surface area (Å²) in [5.41, 5.74) is 17.4. The monoisotopic (exact) mass is 658 g/mol. The van der Waals surface area contributed by atoms with Crippen LogP contribution < -0.4 is 18.9 Å². The van der Waals surface area contributed by atoms with Gasteiger partial charge in [0.2, 0.25) is 0 Å². The van der Waals surface area contributed by atoms with Crippen molar-refractivity contribution >= 4 is 28.6 Å². The van der Waals surface area contributed by atoms with Crippen molar-refractivity contribution in [3.05, 3.63) is 68.4 Å². The fraction of sp³-hybridized carbons (Fsp3) is 0.435. The Hall–Kier alpha value is -3.66. The molecule has 0 radical (unpaired) electrons. The highest BCUT2D eigenvalue weighted by atomic mass is 127. The summed E-state index contributed by atoms with van der Waals surface area (Å²) >= 11 is 2.15. The number of carboxylic acids is 1. The number of benzene rings is 2. The van der Waals surface area contributed by atoms with E-state index in [1.54, 1.807) is 24.3 Å². The SMILES string of the molecule is CI.[N-]=[N+]=NC(CO)[C@H](O)c1ccc2c(c1)OCCO2.[N-]=[N+]=N[C@H](C(=O)O)[C@H](O)c1ccc2c(c1)OCCO2. The largest absolute Gasteiger partial charge is 0.486 e. The zero-order valence-electron chi connectivity index (χ0n) is 20.7. The van der Waals surface area contributed by atoms with Crippen LogP contribution in [0, 0.1) is 0 Å². The Bertz CT molecular complexity index is 1200. The van der Waals surface area contributed by atoms with Gasteiger partial charge in [-0.2, -0.15) is 0 Å². The number of azide groups is 2. The minimum atomic E-state index is -1.59. The number of ether oxygens (including phenoxy) is 4. The molecule has 0 saturated heterocycles. The maximum absolute atomic E-state index is 10.9. The van der Waals surface area contributed by atoms with Gasteiger partial charge in [-0.1, -0.05) is 45.0 Å². The standard InChI is InChI=1S/C11H11N3O5.C11H13N3O4.CH3I/c12-14-13-9(11(16)17)10(15)6-1-2-7-8(5-6)19-4-3-18-7;12-14-13-8(6-15)11(16)7-1-2-9-10(5-7)18-4-3-17-9;1-2/h1-2,5,9-10,15H,3-4H2,(H,16,17);1-2,5,8,11,15-16H,3-4,6H2;1H3/t9-,10+;8?,11-;/m01./s1. The molecule has 0 fully saturated rings. The molecule has 39 heavy (non-hydrogen) atoms. The van der Waals surface area contributed by atoms with Crippen LogP contribution in [-0.4, -0.2) is 76.4 Å². The maximum atomic E-state index is 10.9. The Morgan fingerprint density at radius 3 is 1.69 bits per heavy atom. The third kappa shape index (κ3) is 8.68. The lowest BCUT2D eigenvalue weighted by atomic mass is 10.0. The quantitative estimate of drug-likeness (QED) is 0.107. The van der Waals surface area contributed by atoms with Crippen molar-refractivity contribution in [3.8, 4) is 23.0 Å². The number of nitrogens with zero attached hydrogens (tertiary/aromatic N) is 6. The number of aliphatic hydroxyl groups is 3. The van der Waals surface area contributed by atoms with Crippen LogP contribution >= 0.6 is 22.6 Å². The normalized spacial score (nSPS) is 15.6. The Morgan fingerprint density at radius 2 is 1.28 bits per heavy atom. The van der Waals surface area contributed by atoms with E-state index in [0.29, 0.717) is 55.0 Å². The molecule has 4 rings (SSSR count). The molecule has 2 aliphatic heterocycles. The number of fused-ring (bicyclic) bond motifs is 2. The Kier molecular flexibility index (Phi) is 13.2. The Balaban J connectivity index is 0.000000258. The summed E-state index contributed by atoms with van der Waals surface area (Å²) in [6, 6.07) is 6.98. The van der Waals surface area contributed by atoms with Gasteiger partial charge < -0.3 is 39.4 Å². The second-order valence-electron chi connectivity index (χ2n) is 7.64. The molecule has 0 aromatic heterocycles. The van der Waals surface area contributed by atoms with Crippen LogP contribution in [-0.2, 0) is 4.79 Å². The number of aliphatic hydroxyl groups excluding tert-OH is 3. The van der Waals surface area contributed by atoms with E-state index in [4.69, 9.17) is 40.2 Å². The van der Waals surface area contributed by atoms with E-state index in [1.807, 2.05) is 4.93 Å². The van der Waals surface area contributed by atoms with Gasteiger partial charge in [0, 0.05) is 9.82 Å². The molecule has 0 saturated carbocycles. The number of hydrogen-bond donors (Lipinski definition) is 4. The molecule has 210 valence electrons. The van der Waals surface area contributed by atoms with Crippen LogP contribution in [0.5, 0.6) is 23.0 Å². The van der Waals surface area contributed by atoms with Gasteiger partial charge in [-0.3, -0.25) is 4.79 Å². The van der Waals surface area contributed by atoms with Crippen molar-refractivity contribution in [1.82, 2.24) is 0 Å². The van der Waals surface area contributed by atoms with Crippen LogP contribution in [0.25, 0.3) is 20.9 Å². The smallest absolute Gasteiger partial charge is 0.315 e. The van der Waals surface area contributed by atoms with Crippen molar-refractivity contribution in [2.75, 3.05) is 38.0 Å². The van der Waals surface area contributed by atoms with E-state index in [0.717, 1.165) is 0 Å². The van der Waals surface area contributed by atoms with Crippen molar-refractivity contribution in [1.29, 1.82) is 0 Å². The summed E-state index contributed by atoms with van der Waals surface area (Å²) in [4.78, 5) is 17.9. The zero-order valence-corrected chi connectivity index (χ0v) is 22.9. The summed E-state index contributed by atoms with van der Waals surface area (Å²) in [5, 5.41) is 44.3. The highest BCUT2D eigenvalue weighted by molar-refractivity contribution is 14.1. The average molecular weight is 658 g/mol. The molecular formula is C23H27IN6O9. The lowest BCUT2D eigenvalue weighted by Crippen LogP contribution is -2.25. The second kappa shape index (κ2) is 16.3. The maximum Gasteiger partial charge on any atom is 0.315 e. The van der Waals surface area contributed by atoms with Crippen LogP contribution in [0.3, 0.4) is 0 Å². The average Bonchev–Trinajstić information content (AvgIpc) is 2.98. The van der Waals surface area contributed by atoms with Gasteiger partial charge in [-0.15, -0.1) is 0 Å². The van der Waals surface area contributed by atoms with Crippen molar-refractivity contribution < 1.29 is 44.2 Å². The number of carbonyl (C=O) groups is 1. The second-order valence-corrected chi connectivity index (χ2v) is 7.64. The van der Waals surface area contributed by atoms with Crippen molar-refractivity contribution in [2.24, 2.45) is 10.2 Å². The third-order valence-corrected chi connectivity index (χ3v) is 5.30. The summed E-state index contributed by atoms with van der Waals surface area (Å²) in [6.45, 7) is 1.33. The molecular weight excluding hydrogens is 631 g/mol. The predicted molar refractivity (Wildman–Crippen MR) is 145 cm³/mol. The van der Waals surface area contributed by atoms with Gasteiger partial charge in [0.1, 0.15) is 26.4 Å². The summed E-state index contributed by atoms with van der Waals surface area (Å²) in [5.74, 6) is 0.697. The molecule has 2 aliphatic rings. The van der Waals surface area contributed by atoms with Gasteiger partial charge in [0.05, 0.1) is 24.9 Å². The van der Waals surface area contributed by atoms with Gasteiger partial charge in [0.15, 0.2) is 29.0 Å². The number of rotatable bonds is 8.